The molecule has 0 heterocycles. The zero-order valence-electron chi connectivity index (χ0n) is 30.0. The van der Waals surface area contributed by atoms with Gasteiger partial charge in [-0.1, -0.05) is 105 Å². The fourth-order valence-corrected chi connectivity index (χ4v) is 5.62. The molecule has 0 aliphatic carbocycles. The lowest BCUT2D eigenvalue weighted by molar-refractivity contribution is -0.273. The molecule has 0 spiro atoms. The van der Waals surface area contributed by atoms with Crippen LogP contribution < -0.4 is 21.1 Å². The lowest BCUT2D eigenvalue weighted by atomic mass is 9.84. The van der Waals surface area contributed by atoms with E-state index in [0.717, 1.165) is 16.0 Å². The Labute approximate surface area is 296 Å². The van der Waals surface area contributed by atoms with Gasteiger partial charge in [0.05, 0.1) is 24.3 Å². The van der Waals surface area contributed by atoms with E-state index >= 15 is 0 Å². The Morgan fingerprint density at radius 2 is 1.14 bits per heavy atom. The minimum absolute atomic E-state index is 0.00953. The smallest absolute Gasteiger partial charge is 0.407 e. The van der Waals surface area contributed by atoms with Crippen LogP contribution in [0.25, 0.3) is 0 Å². The predicted octanol–water partition coefficient (Wildman–Crippen LogP) is 3.42. The van der Waals surface area contributed by atoms with E-state index in [1.165, 1.54) is 0 Å². The van der Waals surface area contributed by atoms with Gasteiger partial charge in [-0.05, 0) is 63.1 Å². The molecule has 11 nitrogen and oxygen atoms in total. The van der Waals surface area contributed by atoms with Crippen LogP contribution in [0, 0.1) is 5.92 Å². The lowest BCUT2D eigenvalue weighted by Crippen LogP contribution is -2.66. The highest BCUT2D eigenvalue weighted by Crippen LogP contribution is 2.28. The van der Waals surface area contributed by atoms with Crippen molar-refractivity contribution < 1.29 is 34.4 Å². The Bertz CT molecular complexity index is 1480. The molecule has 0 saturated heterocycles. The third kappa shape index (κ3) is 12.2. The molecule has 5 atom stereocenters. The molecule has 0 aromatic heterocycles. The van der Waals surface area contributed by atoms with Gasteiger partial charge in [-0.25, -0.2) is 4.79 Å². The van der Waals surface area contributed by atoms with E-state index in [0.29, 0.717) is 12.0 Å². The summed E-state index contributed by atoms with van der Waals surface area (Å²) in [6.07, 6.45) is -3.75. The number of hydrogen-bond donors (Lipinski definition) is 5. The number of amides is 3. The Hall–Kier alpha value is -4.45. The van der Waals surface area contributed by atoms with Gasteiger partial charge in [0.1, 0.15) is 17.2 Å². The first kappa shape index (κ1) is 40.0. The van der Waals surface area contributed by atoms with Gasteiger partial charge in [-0.3, -0.25) is 4.79 Å². The molecule has 0 aliphatic rings. The summed E-state index contributed by atoms with van der Waals surface area (Å²) in [5.41, 5.74) is 0.202. The predicted molar refractivity (Wildman–Crippen MR) is 191 cm³/mol. The van der Waals surface area contributed by atoms with Gasteiger partial charge < -0.3 is 45.7 Å². The molecule has 0 saturated carbocycles. The van der Waals surface area contributed by atoms with Crippen molar-refractivity contribution in [1.29, 1.82) is 0 Å². The molecule has 50 heavy (non-hydrogen) atoms. The fraction of sp³-hybridized carbons (Fsp3) is 0.462. The summed E-state index contributed by atoms with van der Waals surface area (Å²) >= 11 is 0. The minimum atomic E-state index is -1.54. The monoisotopic (exact) mass is 689 g/mol. The third-order valence-corrected chi connectivity index (χ3v) is 8.80. The number of carbonyl (C=O) groups excluding carboxylic acids is 3. The first-order valence-corrected chi connectivity index (χ1v) is 17.1. The molecule has 3 amide bonds. The van der Waals surface area contributed by atoms with Crippen LogP contribution in [-0.4, -0.2) is 81.7 Å². The first-order valence-electron chi connectivity index (χ1n) is 17.1. The second-order valence-electron chi connectivity index (χ2n) is 14.1. The molecular weight excluding hydrogens is 636 g/mol. The van der Waals surface area contributed by atoms with Crippen LogP contribution in [0.4, 0.5) is 9.59 Å². The molecule has 272 valence electrons. The maximum absolute atomic E-state index is 14.1. The number of hydrogen-bond acceptors (Lipinski definition) is 8. The Morgan fingerprint density at radius 3 is 1.54 bits per heavy atom. The van der Waals surface area contributed by atoms with E-state index in [1.807, 2.05) is 66.7 Å². The van der Waals surface area contributed by atoms with Crippen molar-refractivity contribution in [3.63, 3.8) is 0 Å². The highest BCUT2D eigenvalue weighted by atomic mass is 16.6. The third-order valence-electron chi connectivity index (χ3n) is 8.80. The lowest BCUT2D eigenvalue weighted by Gasteiger charge is -2.45. The van der Waals surface area contributed by atoms with Gasteiger partial charge >= 0.3 is 6.09 Å². The number of carbonyl (C=O) groups is 3. The second kappa shape index (κ2) is 18.5. The van der Waals surface area contributed by atoms with E-state index < -0.39 is 59.4 Å². The van der Waals surface area contributed by atoms with E-state index in [9.17, 15) is 29.7 Å². The topological polar surface area (TPSA) is 163 Å². The van der Waals surface area contributed by atoms with Gasteiger partial charge in [-0.15, -0.1) is 0 Å². The molecule has 0 radical (unpaired) electrons. The Balaban J connectivity index is 1.77. The normalized spacial score (nSPS) is 15.2. The van der Waals surface area contributed by atoms with Gasteiger partial charge in [0.2, 0.25) is 5.91 Å². The number of alkyl carbamates (subject to hydrolysis) is 1. The standard InChI is InChI=1S/C39H54N4O7/c1-27(2)39(6,43(37(48)49)26-30-20-14-9-15-21-30)35(46)41-31(22-28-16-10-7-11-17-28)33(44)24-40-25-34(45)32(23-29-18-12-8-13-19-29)42-36(47)50-38(3,4)5/h7-21,27,31-34,40,44-45H,22-26H2,1-6H3,(H,41,46)(H,42,47)(H,48,49)/p-1/t31-,32-,33+,34+,39?/m0/s1. The largest absolute Gasteiger partial charge is 0.530 e. The average molecular weight is 690 g/mol. The summed E-state index contributed by atoms with van der Waals surface area (Å²) in [5.74, 6) is -1.02. The van der Waals surface area contributed by atoms with Crippen molar-refractivity contribution in [2.45, 2.75) is 96.4 Å². The summed E-state index contributed by atoms with van der Waals surface area (Å²) in [4.78, 5) is 40.3. The van der Waals surface area contributed by atoms with Crippen molar-refractivity contribution in [2.75, 3.05) is 13.1 Å². The molecular formula is C39H53N4O7-. The van der Waals surface area contributed by atoms with Crippen molar-refractivity contribution in [1.82, 2.24) is 20.9 Å². The first-order chi connectivity index (χ1) is 23.6. The maximum Gasteiger partial charge on any atom is 0.407 e. The number of rotatable bonds is 17. The van der Waals surface area contributed by atoms with E-state index in [4.69, 9.17) is 4.74 Å². The number of nitrogens with zero attached hydrogens (tertiary/aromatic N) is 1. The van der Waals surface area contributed by atoms with Gasteiger partial charge in [0.15, 0.2) is 0 Å². The molecule has 0 bridgehead atoms. The second-order valence-corrected chi connectivity index (χ2v) is 14.1. The highest BCUT2D eigenvalue weighted by molar-refractivity contribution is 5.89. The SMILES string of the molecule is CC(C)C(C)(C(=O)N[C@@H](Cc1ccccc1)[C@H](O)CNC[C@@H](O)[C@H](Cc1ccccc1)NC(=O)OC(C)(C)C)N(Cc1ccccc1)C(=O)[O-]. The zero-order chi connectivity index (χ0) is 36.9. The van der Waals surface area contributed by atoms with Crippen LogP contribution in [-0.2, 0) is 28.9 Å². The number of aliphatic hydroxyl groups is 2. The maximum atomic E-state index is 14.1. The number of carboxylic acid groups (broad SMARTS) is 1. The number of nitrogens with one attached hydrogen (secondary N) is 3. The summed E-state index contributed by atoms with van der Waals surface area (Å²) in [5, 5.41) is 44.0. The average Bonchev–Trinajstić information content (AvgIpc) is 3.06. The molecule has 5 N–H and O–H groups in total. The Morgan fingerprint density at radius 1 is 0.720 bits per heavy atom. The quantitative estimate of drug-likeness (QED) is 0.144. The van der Waals surface area contributed by atoms with Crippen LogP contribution in [0.5, 0.6) is 0 Å². The van der Waals surface area contributed by atoms with Crippen molar-refractivity contribution >= 4 is 18.1 Å². The summed E-state index contributed by atoms with van der Waals surface area (Å²) < 4.78 is 5.43. The number of ether oxygens (including phenoxy) is 1. The number of aliphatic hydroxyl groups excluding tert-OH is 2. The molecule has 0 aliphatic heterocycles. The van der Waals surface area contributed by atoms with Crippen molar-refractivity contribution in [3.05, 3.63) is 108 Å². The number of benzene rings is 3. The molecule has 1 unspecified atom stereocenters. The summed E-state index contributed by atoms with van der Waals surface area (Å²) in [6.45, 7) is 10.3. The summed E-state index contributed by atoms with van der Waals surface area (Å²) in [6, 6.07) is 26.2. The summed E-state index contributed by atoms with van der Waals surface area (Å²) in [7, 11) is 0. The van der Waals surface area contributed by atoms with Crippen molar-refractivity contribution in [3.8, 4) is 0 Å². The molecule has 11 heteroatoms. The molecule has 3 rings (SSSR count). The van der Waals surface area contributed by atoms with E-state index in [2.05, 4.69) is 16.0 Å². The van der Waals surface area contributed by atoms with Crippen LogP contribution in [0.2, 0.25) is 0 Å². The molecule has 3 aromatic rings. The fourth-order valence-electron chi connectivity index (χ4n) is 5.62. The molecule has 3 aromatic carbocycles. The van der Waals surface area contributed by atoms with E-state index in [1.54, 1.807) is 65.8 Å². The highest BCUT2D eigenvalue weighted by Gasteiger charge is 2.44. The molecule has 0 fully saturated rings. The van der Waals surface area contributed by atoms with Crippen LogP contribution in [0.1, 0.15) is 58.2 Å². The van der Waals surface area contributed by atoms with Gasteiger partial charge in [0, 0.05) is 19.6 Å². The Kier molecular flexibility index (Phi) is 14.8. The minimum Gasteiger partial charge on any atom is -0.530 e. The van der Waals surface area contributed by atoms with E-state index in [-0.39, 0.29) is 26.1 Å². The van der Waals surface area contributed by atoms with Crippen LogP contribution in [0.15, 0.2) is 91.0 Å². The van der Waals surface area contributed by atoms with Gasteiger partial charge in [0.25, 0.3) is 0 Å². The van der Waals surface area contributed by atoms with Gasteiger partial charge in [-0.2, -0.15) is 0 Å². The van der Waals surface area contributed by atoms with Crippen LogP contribution >= 0.6 is 0 Å². The van der Waals surface area contributed by atoms with Crippen molar-refractivity contribution in [2.24, 2.45) is 5.92 Å². The zero-order valence-corrected chi connectivity index (χ0v) is 30.0. The van der Waals surface area contributed by atoms with Crippen LogP contribution in [0.3, 0.4) is 0 Å².